The number of piperazine rings is 1. The quantitative estimate of drug-likeness (QED) is 0.409. The average Bonchev–Trinajstić information content (AvgIpc) is 3.38. The first-order valence-electron chi connectivity index (χ1n) is 13.5. The van der Waals surface area contributed by atoms with Gasteiger partial charge in [0.2, 0.25) is 5.88 Å². The van der Waals surface area contributed by atoms with Gasteiger partial charge in [0, 0.05) is 67.5 Å². The number of piperidine rings is 1. The van der Waals surface area contributed by atoms with Crippen LogP contribution in [-0.2, 0) is 6.54 Å². The Morgan fingerprint density at radius 3 is 2.56 bits per heavy atom. The van der Waals surface area contributed by atoms with E-state index in [0.717, 1.165) is 60.5 Å². The van der Waals surface area contributed by atoms with Crippen molar-refractivity contribution < 1.29 is 9.84 Å². The third-order valence-corrected chi connectivity index (χ3v) is 8.70. The summed E-state index contributed by atoms with van der Waals surface area (Å²) in [7, 11) is 1.64. The second kappa shape index (κ2) is 9.04. The van der Waals surface area contributed by atoms with Crippen LogP contribution in [0.2, 0.25) is 0 Å². The topological polar surface area (TPSA) is 103 Å². The van der Waals surface area contributed by atoms with Crippen molar-refractivity contribution in [3.63, 3.8) is 0 Å². The summed E-state index contributed by atoms with van der Waals surface area (Å²) in [5.41, 5.74) is 4.98. The molecule has 2 bridgehead atoms. The Hall–Kier alpha value is -4.00. The van der Waals surface area contributed by atoms with Crippen LogP contribution in [0.25, 0.3) is 16.6 Å². The molecule has 9 heteroatoms. The molecule has 0 aromatic carbocycles. The first-order valence-corrected chi connectivity index (χ1v) is 13.5. The van der Waals surface area contributed by atoms with Crippen LogP contribution in [-0.4, -0.2) is 67.5 Å². The second-order valence-electron chi connectivity index (χ2n) is 11.5. The molecule has 2 atom stereocenters. The third kappa shape index (κ3) is 4.20. The number of ether oxygens (including phenoxy) is 1. The van der Waals surface area contributed by atoms with E-state index in [2.05, 4.69) is 50.2 Å². The molecule has 2 unspecified atom stereocenters. The number of fused-ring (bicyclic) bond motifs is 3. The van der Waals surface area contributed by atoms with Crippen molar-refractivity contribution in [2.45, 2.75) is 56.3 Å². The summed E-state index contributed by atoms with van der Waals surface area (Å²) in [6.45, 7) is 4.69. The molecule has 3 aliphatic heterocycles. The first kappa shape index (κ1) is 24.1. The van der Waals surface area contributed by atoms with E-state index < -0.39 is 5.60 Å². The molecule has 39 heavy (non-hydrogen) atoms. The van der Waals surface area contributed by atoms with Crippen LogP contribution >= 0.6 is 0 Å². The first-order chi connectivity index (χ1) is 18.9. The van der Waals surface area contributed by atoms with Gasteiger partial charge in [-0.05, 0) is 61.4 Å². The number of aromatic nitrogens is 4. The summed E-state index contributed by atoms with van der Waals surface area (Å²) in [6.07, 6.45) is 10.1. The number of hydrogen-bond donors (Lipinski definition) is 1. The third-order valence-electron chi connectivity index (χ3n) is 8.70. The number of methoxy groups -OCH3 is 1. The molecule has 8 rings (SSSR count). The van der Waals surface area contributed by atoms with Gasteiger partial charge in [-0.3, -0.25) is 4.90 Å². The summed E-state index contributed by atoms with van der Waals surface area (Å²) < 4.78 is 6.98. The number of nitriles is 1. The lowest BCUT2D eigenvalue weighted by Gasteiger charge is -2.56. The number of anilines is 1. The highest BCUT2D eigenvalue weighted by molar-refractivity contribution is 5.85. The SMILES string of the molecule is COc1ccc(CN2C3CC2CN(c2ccc(-c4cc(C5CC(C)(O)C5)cn5ncc(C#N)c45)cn2)C3)cn1. The zero-order valence-electron chi connectivity index (χ0n) is 22.2. The van der Waals surface area contributed by atoms with Crippen LogP contribution in [0, 0.1) is 11.3 Å². The Labute approximate surface area is 227 Å². The van der Waals surface area contributed by atoms with Crippen LogP contribution in [0.15, 0.2) is 55.1 Å². The molecule has 0 spiro atoms. The van der Waals surface area contributed by atoms with Gasteiger partial charge in [0.05, 0.1) is 30.0 Å². The van der Waals surface area contributed by atoms with Gasteiger partial charge in [-0.25, -0.2) is 14.5 Å². The standard InChI is InChI=1S/C30H31N7O2/c1-30(38)9-22(10-30)21-7-26(29-23(11-31)14-34-37(29)16-21)20-4-5-27(32-13-20)35-17-24-8-25(18-35)36(24)15-19-3-6-28(39-2)33-12-19/h3-7,12-14,16,22,24-25,38H,8-10,15,17-18H2,1-2H3. The fraction of sp³-hybridized carbons (Fsp3) is 0.400. The fourth-order valence-corrected chi connectivity index (χ4v) is 6.61. The van der Waals surface area contributed by atoms with Gasteiger partial charge >= 0.3 is 0 Å². The molecule has 4 aromatic rings. The van der Waals surface area contributed by atoms with Crippen LogP contribution in [0.5, 0.6) is 5.88 Å². The maximum atomic E-state index is 10.3. The highest BCUT2D eigenvalue weighted by Gasteiger charge is 2.44. The summed E-state index contributed by atoms with van der Waals surface area (Å²) in [4.78, 5) is 14.2. The van der Waals surface area contributed by atoms with E-state index in [0.29, 0.717) is 23.5 Å². The van der Waals surface area contributed by atoms with E-state index in [1.807, 2.05) is 31.6 Å². The van der Waals surface area contributed by atoms with Crippen molar-refractivity contribution >= 4 is 11.3 Å². The Kier molecular flexibility index (Phi) is 5.58. The molecule has 4 aromatic heterocycles. The van der Waals surface area contributed by atoms with Crippen molar-refractivity contribution in [3.05, 3.63) is 71.8 Å². The zero-order valence-corrected chi connectivity index (χ0v) is 22.2. The van der Waals surface area contributed by atoms with E-state index in [-0.39, 0.29) is 5.92 Å². The molecule has 9 nitrogen and oxygen atoms in total. The molecular formula is C30H31N7O2. The molecular weight excluding hydrogens is 490 g/mol. The molecule has 198 valence electrons. The van der Waals surface area contributed by atoms with E-state index in [4.69, 9.17) is 9.72 Å². The molecule has 3 saturated heterocycles. The Morgan fingerprint density at radius 2 is 1.92 bits per heavy atom. The largest absolute Gasteiger partial charge is 0.481 e. The Balaban J connectivity index is 1.10. The molecule has 7 heterocycles. The number of aliphatic hydroxyl groups is 1. The number of nitrogens with zero attached hydrogens (tertiary/aromatic N) is 7. The van der Waals surface area contributed by atoms with Crippen LogP contribution < -0.4 is 9.64 Å². The number of hydrogen-bond acceptors (Lipinski definition) is 8. The highest BCUT2D eigenvalue weighted by Crippen LogP contribution is 2.45. The van der Waals surface area contributed by atoms with Gasteiger partial charge in [-0.15, -0.1) is 0 Å². The van der Waals surface area contributed by atoms with Crippen LogP contribution in [0.4, 0.5) is 5.82 Å². The van der Waals surface area contributed by atoms with E-state index in [1.165, 1.54) is 12.0 Å². The molecule has 0 amide bonds. The van der Waals surface area contributed by atoms with Gasteiger partial charge in [0.25, 0.3) is 0 Å². The molecule has 4 fully saturated rings. The zero-order chi connectivity index (χ0) is 26.7. The number of rotatable bonds is 6. The predicted molar refractivity (Wildman–Crippen MR) is 146 cm³/mol. The summed E-state index contributed by atoms with van der Waals surface area (Å²) >= 11 is 0. The van der Waals surface area contributed by atoms with Crippen molar-refractivity contribution in [1.29, 1.82) is 5.26 Å². The van der Waals surface area contributed by atoms with Crippen molar-refractivity contribution in [2.75, 3.05) is 25.1 Å². The van der Waals surface area contributed by atoms with Crippen molar-refractivity contribution in [2.24, 2.45) is 0 Å². The van der Waals surface area contributed by atoms with Crippen LogP contribution in [0.1, 0.15) is 48.8 Å². The summed E-state index contributed by atoms with van der Waals surface area (Å²) in [5.74, 6) is 1.90. The van der Waals surface area contributed by atoms with Gasteiger partial charge < -0.3 is 14.7 Å². The lowest BCUT2D eigenvalue weighted by molar-refractivity contribution is -0.0314. The van der Waals surface area contributed by atoms with E-state index in [9.17, 15) is 10.4 Å². The van der Waals surface area contributed by atoms with Gasteiger partial charge in [-0.2, -0.15) is 10.4 Å². The maximum Gasteiger partial charge on any atom is 0.212 e. The van der Waals surface area contributed by atoms with Gasteiger partial charge in [-0.1, -0.05) is 6.07 Å². The minimum atomic E-state index is -0.610. The minimum absolute atomic E-state index is 0.279. The molecule has 1 N–H and O–H groups in total. The summed E-state index contributed by atoms with van der Waals surface area (Å²) in [5, 5.41) is 24.4. The van der Waals surface area contributed by atoms with Crippen molar-refractivity contribution in [3.8, 4) is 23.1 Å². The fourth-order valence-electron chi connectivity index (χ4n) is 6.61. The minimum Gasteiger partial charge on any atom is -0.481 e. The normalized spacial score (nSPS) is 26.1. The Bertz CT molecular complexity index is 1550. The van der Waals surface area contributed by atoms with E-state index in [1.54, 1.807) is 17.8 Å². The van der Waals surface area contributed by atoms with E-state index >= 15 is 0 Å². The molecule has 1 saturated carbocycles. The van der Waals surface area contributed by atoms with Crippen LogP contribution in [0.3, 0.4) is 0 Å². The molecule has 1 aliphatic carbocycles. The smallest absolute Gasteiger partial charge is 0.212 e. The second-order valence-corrected chi connectivity index (χ2v) is 11.5. The monoisotopic (exact) mass is 521 g/mol. The predicted octanol–water partition coefficient (Wildman–Crippen LogP) is 3.76. The van der Waals surface area contributed by atoms with Gasteiger partial charge in [0.15, 0.2) is 0 Å². The lowest BCUT2D eigenvalue weighted by Crippen LogP contribution is -2.68. The van der Waals surface area contributed by atoms with Crippen molar-refractivity contribution in [1.82, 2.24) is 24.5 Å². The summed E-state index contributed by atoms with van der Waals surface area (Å²) in [6, 6.07) is 13.7. The number of pyridine rings is 3. The molecule has 0 radical (unpaired) electrons. The average molecular weight is 522 g/mol. The maximum absolute atomic E-state index is 10.3. The Morgan fingerprint density at radius 1 is 1.10 bits per heavy atom. The lowest BCUT2D eigenvalue weighted by atomic mass is 9.69. The van der Waals surface area contributed by atoms with Gasteiger partial charge in [0.1, 0.15) is 11.9 Å². The highest BCUT2D eigenvalue weighted by atomic mass is 16.5. The molecule has 4 aliphatic rings.